The number of carbonyl (C=O) groups is 1. The van der Waals surface area contributed by atoms with Crippen molar-refractivity contribution in [2.75, 3.05) is 20.3 Å². The summed E-state index contributed by atoms with van der Waals surface area (Å²) >= 11 is 0. The molecule has 0 aliphatic carbocycles. The van der Waals surface area contributed by atoms with Crippen LogP contribution in [0.4, 0.5) is 0 Å². The summed E-state index contributed by atoms with van der Waals surface area (Å²) in [6.45, 7) is 1.04. The quantitative estimate of drug-likeness (QED) is 0.920. The molecule has 2 heterocycles. The molecule has 1 N–H and O–H groups in total. The number of carboxylic acid groups (broad SMARTS) is 1. The topological polar surface area (TPSA) is 91.0 Å². The number of rotatable bonds is 4. The van der Waals surface area contributed by atoms with Crippen LogP contribution in [0.3, 0.4) is 0 Å². The maximum absolute atomic E-state index is 11.1. The highest BCUT2D eigenvalue weighted by atomic mass is 16.6. The van der Waals surface area contributed by atoms with Gasteiger partial charge in [-0.05, 0) is 18.2 Å². The van der Waals surface area contributed by atoms with Crippen LogP contribution < -0.4 is 9.47 Å². The van der Waals surface area contributed by atoms with Gasteiger partial charge in [0.15, 0.2) is 11.5 Å². The van der Waals surface area contributed by atoms with E-state index in [1.54, 1.807) is 18.2 Å². The van der Waals surface area contributed by atoms with Crippen LogP contribution in [0.1, 0.15) is 16.2 Å². The van der Waals surface area contributed by atoms with Crippen LogP contribution in [0.15, 0.2) is 22.6 Å². The Morgan fingerprint density at radius 1 is 1.33 bits per heavy atom. The molecule has 1 aliphatic rings. The van der Waals surface area contributed by atoms with Gasteiger partial charge in [-0.3, -0.25) is 0 Å². The van der Waals surface area contributed by atoms with E-state index in [2.05, 4.69) is 4.98 Å². The number of benzene rings is 1. The Labute approximate surface area is 120 Å². The Hall–Kier alpha value is -2.54. The predicted molar refractivity (Wildman–Crippen MR) is 70.6 cm³/mol. The number of oxazole rings is 1. The van der Waals surface area contributed by atoms with Crippen molar-refractivity contribution >= 4 is 5.97 Å². The molecule has 0 saturated heterocycles. The second-order valence-corrected chi connectivity index (χ2v) is 4.39. The van der Waals surface area contributed by atoms with Gasteiger partial charge >= 0.3 is 5.97 Å². The molecule has 0 amide bonds. The minimum atomic E-state index is -1.18. The zero-order valence-corrected chi connectivity index (χ0v) is 11.3. The minimum Gasteiger partial charge on any atom is -0.486 e. The lowest BCUT2D eigenvalue weighted by molar-refractivity contribution is 0.0656. The molecule has 21 heavy (non-hydrogen) atoms. The van der Waals surface area contributed by atoms with Crippen LogP contribution in [0.25, 0.3) is 11.5 Å². The van der Waals surface area contributed by atoms with E-state index in [1.807, 2.05) is 0 Å². The standard InChI is InChI=1S/C14H13NO6/c1-18-7-9-12(14(16)17)21-13(15-9)8-2-3-10-11(6-8)20-5-4-19-10/h2-3,6H,4-5,7H2,1H3,(H,16,17). The number of hydrogen-bond acceptors (Lipinski definition) is 6. The van der Waals surface area contributed by atoms with Gasteiger partial charge in [0.05, 0.1) is 6.61 Å². The van der Waals surface area contributed by atoms with Crippen molar-refractivity contribution in [3.05, 3.63) is 29.7 Å². The number of aromatic carboxylic acids is 1. The molecule has 1 aliphatic heterocycles. The monoisotopic (exact) mass is 291 g/mol. The van der Waals surface area contributed by atoms with Gasteiger partial charge in [0.1, 0.15) is 18.9 Å². The van der Waals surface area contributed by atoms with Crippen molar-refractivity contribution in [1.29, 1.82) is 0 Å². The summed E-state index contributed by atoms with van der Waals surface area (Å²) in [4.78, 5) is 15.3. The summed E-state index contributed by atoms with van der Waals surface area (Å²) in [5.41, 5.74) is 0.860. The second kappa shape index (κ2) is 5.45. The normalized spacial score (nSPS) is 13.2. The molecule has 7 heteroatoms. The highest BCUT2D eigenvalue weighted by Gasteiger charge is 2.21. The zero-order valence-electron chi connectivity index (χ0n) is 11.3. The number of fused-ring (bicyclic) bond motifs is 1. The molecule has 1 aromatic carbocycles. The average molecular weight is 291 g/mol. The third kappa shape index (κ3) is 2.55. The van der Waals surface area contributed by atoms with Crippen molar-refractivity contribution in [2.24, 2.45) is 0 Å². The number of hydrogen-bond donors (Lipinski definition) is 1. The first-order valence-corrected chi connectivity index (χ1v) is 6.31. The Bertz CT molecular complexity index is 678. The molecule has 0 spiro atoms. The van der Waals surface area contributed by atoms with E-state index < -0.39 is 5.97 Å². The van der Waals surface area contributed by atoms with Gasteiger partial charge in [-0.2, -0.15) is 0 Å². The number of ether oxygens (including phenoxy) is 3. The molecule has 0 atom stereocenters. The van der Waals surface area contributed by atoms with Crippen LogP contribution >= 0.6 is 0 Å². The fraction of sp³-hybridized carbons (Fsp3) is 0.286. The molecule has 110 valence electrons. The fourth-order valence-electron chi connectivity index (χ4n) is 2.05. The molecule has 0 saturated carbocycles. The lowest BCUT2D eigenvalue weighted by Gasteiger charge is -2.18. The van der Waals surface area contributed by atoms with Crippen molar-refractivity contribution in [1.82, 2.24) is 4.98 Å². The Balaban J connectivity index is 2.00. The van der Waals surface area contributed by atoms with Crippen molar-refractivity contribution in [3.8, 4) is 23.0 Å². The summed E-state index contributed by atoms with van der Waals surface area (Å²) in [7, 11) is 1.46. The van der Waals surface area contributed by atoms with E-state index >= 15 is 0 Å². The number of methoxy groups -OCH3 is 1. The summed E-state index contributed by atoms with van der Waals surface area (Å²) < 4.78 is 21.2. The molecule has 3 rings (SSSR count). The van der Waals surface area contributed by atoms with E-state index in [0.29, 0.717) is 30.3 Å². The minimum absolute atomic E-state index is 0.0652. The van der Waals surface area contributed by atoms with Crippen LogP contribution in [-0.2, 0) is 11.3 Å². The molecule has 0 bridgehead atoms. The van der Waals surface area contributed by atoms with Crippen molar-refractivity contribution in [3.63, 3.8) is 0 Å². The van der Waals surface area contributed by atoms with Crippen molar-refractivity contribution in [2.45, 2.75) is 6.61 Å². The Morgan fingerprint density at radius 3 is 2.81 bits per heavy atom. The highest BCUT2D eigenvalue weighted by Crippen LogP contribution is 2.34. The molecule has 7 nitrogen and oxygen atoms in total. The van der Waals surface area contributed by atoms with Gasteiger partial charge in [-0.25, -0.2) is 9.78 Å². The smallest absolute Gasteiger partial charge is 0.373 e. The maximum atomic E-state index is 11.1. The molecule has 0 radical (unpaired) electrons. The number of nitrogens with zero attached hydrogens (tertiary/aromatic N) is 1. The molecule has 0 unspecified atom stereocenters. The maximum Gasteiger partial charge on any atom is 0.373 e. The first-order chi connectivity index (χ1) is 10.2. The van der Waals surface area contributed by atoms with Crippen LogP contribution in [-0.4, -0.2) is 36.4 Å². The molecule has 1 aromatic heterocycles. The molecular weight excluding hydrogens is 278 g/mol. The van der Waals surface area contributed by atoms with E-state index in [0.717, 1.165) is 0 Å². The molecule has 2 aromatic rings. The van der Waals surface area contributed by atoms with Crippen LogP contribution in [0, 0.1) is 0 Å². The average Bonchev–Trinajstić information content (AvgIpc) is 2.91. The van der Waals surface area contributed by atoms with E-state index in [1.165, 1.54) is 7.11 Å². The first kappa shape index (κ1) is 13.4. The van der Waals surface area contributed by atoms with E-state index in [-0.39, 0.29) is 24.0 Å². The highest BCUT2D eigenvalue weighted by molar-refractivity contribution is 5.86. The Kier molecular flexibility index (Phi) is 3.49. The summed E-state index contributed by atoms with van der Waals surface area (Å²) in [6, 6.07) is 5.19. The predicted octanol–water partition coefficient (Wildman–Crippen LogP) is 1.96. The molecule has 0 fully saturated rings. The fourth-order valence-corrected chi connectivity index (χ4v) is 2.05. The van der Waals surface area contributed by atoms with Gasteiger partial charge in [0.25, 0.3) is 0 Å². The van der Waals surface area contributed by atoms with Gasteiger partial charge in [-0.1, -0.05) is 0 Å². The largest absolute Gasteiger partial charge is 0.486 e. The third-order valence-electron chi connectivity index (χ3n) is 2.96. The number of aromatic nitrogens is 1. The lowest BCUT2D eigenvalue weighted by Crippen LogP contribution is -2.15. The molecular formula is C14H13NO6. The SMILES string of the molecule is COCc1nc(-c2ccc3c(c2)OCCO3)oc1C(=O)O. The summed E-state index contributed by atoms with van der Waals surface area (Å²) in [6.07, 6.45) is 0. The van der Waals surface area contributed by atoms with E-state index in [9.17, 15) is 4.79 Å². The second-order valence-electron chi connectivity index (χ2n) is 4.39. The summed E-state index contributed by atoms with van der Waals surface area (Å²) in [5, 5.41) is 9.11. The van der Waals surface area contributed by atoms with Crippen molar-refractivity contribution < 1.29 is 28.5 Å². The van der Waals surface area contributed by atoms with Gasteiger partial charge in [0.2, 0.25) is 11.7 Å². The van der Waals surface area contributed by atoms with Gasteiger partial charge in [-0.15, -0.1) is 0 Å². The van der Waals surface area contributed by atoms with Crippen LogP contribution in [0.2, 0.25) is 0 Å². The third-order valence-corrected chi connectivity index (χ3v) is 2.96. The van der Waals surface area contributed by atoms with Gasteiger partial charge in [0, 0.05) is 12.7 Å². The Morgan fingerprint density at radius 2 is 2.10 bits per heavy atom. The van der Waals surface area contributed by atoms with E-state index in [4.69, 9.17) is 23.7 Å². The lowest BCUT2D eigenvalue weighted by atomic mass is 10.2. The summed E-state index contributed by atoms with van der Waals surface area (Å²) in [5.74, 6) is 0.0331. The first-order valence-electron chi connectivity index (χ1n) is 6.31. The van der Waals surface area contributed by atoms with Gasteiger partial charge < -0.3 is 23.7 Å². The zero-order chi connectivity index (χ0) is 14.8. The van der Waals surface area contributed by atoms with Crippen LogP contribution in [0.5, 0.6) is 11.5 Å². The number of carboxylic acids is 1.